The summed E-state index contributed by atoms with van der Waals surface area (Å²) in [5.74, 6) is 1.77. The molecular formula is C21H17Cl2N3O2. The van der Waals surface area contributed by atoms with Gasteiger partial charge in [-0.05, 0) is 61.0 Å². The average Bonchev–Trinajstić information content (AvgIpc) is 3.39. The Hall–Kier alpha value is -2.76. The van der Waals surface area contributed by atoms with E-state index in [9.17, 15) is 0 Å². The van der Waals surface area contributed by atoms with Gasteiger partial charge in [0, 0.05) is 35.1 Å². The van der Waals surface area contributed by atoms with E-state index in [0.717, 1.165) is 17.7 Å². The summed E-state index contributed by atoms with van der Waals surface area (Å²) in [7, 11) is 0. The Morgan fingerprint density at radius 2 is 1.79 bits per heavy atom. The summed E-state index contributed by atoms with van der Waals surface area (Å²) in [5.41, 5.74) is 1.99. The van der Waals surface area contributed by atoms with Crippen LogP contribution < -0.4 is 4.74 Å². The molecule has 4 rings (SSSR count). The number of ether oxygens (including phenoxy) is 1. The third-order valence-corrected chi connectivity index (χ3v) is 4.71. The number of benzene rings is 2. The van der Waals surface area contributed by atoms with Crippen molar-refractivity contribution in [2.24, 2.45) is 0 Å². The second-order valence-electron chi connectivity index (χ2n) is 6.18. The second-order valence-corrected chi connectivity index (χ2v) is 7.02. The fraction of sp³-hybridized carbons (Fsp3) is 0.143. The molecule has 2 aromatic heterocycles. The lowest BCUT2D eigenvalue weighted by Crippen LogP contribution is -2.00. The molecule has 0 saturated carbocycles. The Labute approximate surface area is 172 Å². The van der Waals surface area contributed by atoms with Crippen LogP contribution in [0.5, 0.6) is 5.75 Å². The summed E-state index contributed by atoms with van der Waals surface area (Å²) in [5, 5.41) is 5.15. The molecule has 7 heteroatoms. The van der Waals surface area contributed by atoms with Crippen LogP contribution in [0.4, 0.5) is 0 Å². The van der Waals surface area contributed by atoms with Crippen LogP contribution in [0.3, 0.4) is 0 Å². The lowest BCUT2D eigenvalue weighted by Gasteiger charge is -2.07. The molecule has 2 aromatic carbocycles. The van der Waals surface area contributed by atoms with Crippen molar-refractivity contribution in [3.63, 3.8) is 0 Å². The van der Waals surface area contributed by atoms with E-state index < -0.39 is 0 Å². The van der Waals surface area contributed by atoms with Crippen LogP contribution in [0.2, 0.25) is 10.0 Å². The summed E-state index contributed by atoms with van der Waals surface area (Å²) in [6.45, 7) is 0.491. The van der Waals surface area contributed by atoms with Crippen molar-refractivity contribution in [2.75, 3.05) is 6.61 Å². The molecule has 0 aliphatic carbocycles. The van der Waals surface area contributed by atoms with E-state index in [1.54, 1.807) is 18.2 Å². The molecule has 142 valence electrons. The molecule has 0 aliphatic heterocycles. The number of aryl methyl sites for hydroxylation is 1. The number of halogens is 2. The molecule has 0 N–H and O–H groups in total. The number of aromatic nitrogens is 3. The zero-order chi connectivity index (χ0) is 19.3. The van der Waals surface area contributed by atoms with Crippen LogP contribution in [0, 0.1) is 0 Å². The fourth-order valence-electron chi connectivity index (χ4n) is 2.76. The molecule has 0 spiro atoms. The Bertz CT molecular complexity index is 1040. The van der Waals surface area contributed by atoms with Crippen molar-refractivity contribution in [3.8, 4) is 22.8 Å². The summed E-state index contributed by atoms with van der Waals surface area (Å²) < 4.78 is 13.1. The molecule has 0 atom stereocenters. The van der Waals surface area contributed by atoms with Crippen LogP contribution in [-0.4, -0.2) is 21.3 Å². The van der Waals surface area contributed by atoms with Crippen molar-refractivity contribution in [3.05, 3.63) is 82.9 Å². The monoisotopic (exact) mass is 413 g/mol. The first-order valence-corrected chi connectivity index (χ1v) is 9.59. The number of hydrogen-bond acceptors (Lipinski definition) is 4. The van der Waals surface area contributed by atoms with Gasteiger partial charge in [0.1, 0.15) is 5.75 Å². The van der Waals surface area contributed by atoms with Gasteiger partial charge in [0.15, 0.2) is 0 Å². The molecule has 0 amide bonds. The number of hydrogen-bond donors (Lipinski definition) is 0. The molecular weight excluding hydrogens is 397 g/mol. The van der Waals surface area contributed by atoms with E-state index in [1.807, 2.05) is 53.4 Å². The van der Waals surface area contributed by atoms with Crippen molar-refractivity contribution in [2.45, 2.75) is 12.8 Å². The fourth-order valence-corrected chi connectivity index (χ4v) is 3.22. The third-order valence-electron chi connectivity index (χ3n) is 4.18. The largest absolute Gasteiger partial charge is 0.492 e. The zero-order valence-electron chi connectivity index (χ0n) is 14.9. The molecule has 0 saturated heterocycles. The molecule has 28 heavy (non-hydrogen) atoms. The maximum absolute atomic E-state index is 6.09. The van der Waals surface area contributed by atoms with Gasteiger partial charge < -0.3 is 13.8 Å². The van der Waals surface area contributed by atoms with Crippen LogP contribution in [0.1, 0.15) is 12.3 Å². The van der Waals surface area contributed by atoms with Crippen molar-refractivity contribution in [1.29, 1.82) is 0 Å². The highest BCUT2D eigenvalue weighted by Crippen LogP contribution is 2.27. The van der Waals surface area contributed by atoms with Gasteiger partial charge in [-0.3, -0.25) is 0 Å². The highest BCUT2D eigenvalue weighted by atomic mass is 35.5. The summed E-state index contributed by atoms with van der Waals surface area (Å²) in [6, 6.07) is 17.1. The van der Waals surface area contributed by atoms with E-state index >= 15 is 0 Å². The lowest BCUT2D eigenvalue weighted by atomic mass is 10.2. The normalized spacial score (nSPS) is 10.9. The molecule has 0 bridgehead atoms. The quantitative estimate of drug-likeness (QED) is 0.356. The van der Waals surface area contributed by atoms with E-state index in [0.29, 0.717) is 40.5 Å². The van der Waals surface area contributed by atoms with Crippen molar-refractivity contribution >= 4 is 23.2 Å². The first kappa shape index (κ1) is 18.6. The standard InChI is InChI=1S/C21H17Cl2N3O2/c22-16-7-10-19(18(23)14-16)27-13-3-4-20-24-21(25-28-20)15-5-8-17(9-6-15)26-11-1-2-12-26/h1-2,5-12,14H,3-4,13H2. The van der Waals surface area contributed by atoms with Crippen molar-refractivity contribution in [1.82, 2.24) is 14.7 Å². The van der Waals surface area contributed by atoms with Crippen LogP contribution in [0.15, 0.2) is 71.5 Å². The first-order chi connectivity index (χ1) is 13.7. The SMILES string of the molecule is Clc1ccc(OCCCc2nc(-c3ccc(-n4cccc4)cc3)no2)c(Cl)c1. The molecule has 0 fully saturated rings. The third kappa shape index (κ3) is 4.38. The molecule has 4 aromatic rings. The number of nitrogens with zero attached hydrogens (tertiary/aromatic N) is 3. The van der Waals surface area contributed by atoms with E-state index in [4.69, 9.17) is 32.5 Å². The van der Waals surface area contributed by atoms with Gasteiger partial charge in [0.25, 0.3) is 0 Å². The van der Waals surface area contributed by atoms with Gasteiger partial charge in [0.2, 0.25) is 11.7 Å². The number of rotatable bonds is 7. The van der Waals surface area contributed by atoms with Gasteiger partial charge in [0.05, 0.1) is 11.6 Å². The van der Waals surface area contributed by atoms with Gasteiger partial charge in [-0.1, -0.05) is 28.4 Å². The molecule has 0 aliphatic rings. The average molecular weight is 414 g/mol. The predicted molar refractivity (Wildman–Crippen MR) is 109 cm³/mol. The Morgan fingerprint density at radius 1 is 1.00 bits per heavy atom. The van der Waals surface area contributed by atoms with E-state index in [-0.39, 0.29) is 0 Å². The first-order valence-electron chi connectivity index (χ1n) is 8.83. The highest BCUT2D eigenvalue weighted by molar-refractivity contribution is 6.35. The Kier molecular flexibility index (Phi) is 5.65. The Morgan fingerprint density at radius 3 is 2.54 bits per heavy atom. The van der Waals surface area contributed by atoms with Gasteiger partial charge in [-0.15, -0.1) is 0 Å². The zero-order valence-corrected chi connectivity index (χ0v) is 16.4. The van der Waals surface area contributed by atoms with Crippen molar-refractivity contribution < 1.29 is 9.26 Å². The van der Waals surface area contributed by atoms with Crippen LogP contribution in [0.25, 0.3) is 17.1 Å². The van der Waals surface area contributed by atoms with Crippen LogP contribution >= 0.6 is 23.2 Å². The van der Waals surface area contributed by atoms with Gasteiger partial charge in [-0.25, -0.2) is 0 Å². The maximum Gasteiger partial charge on any atom is 0.227 e. The summed E-state index contributed by atoms with van der Waals surface area (Å²) in [6.07, 6.45) is 5.36. The minimum Gasteiger partial charge on any atom is -0.492 e. The Balaban J connectivity index is 1.32. The van der Waals surface area contributed by atoms with Gasteiger partial charge >= 0.3 is 0 Å². The smallest absolute Gasteiger partial charge is 0.227 e. The minimum atomic E-state index is 0.491. The maximum atomic E-state index is 6.09. The second kappa shape index (κ2) is 8.50. The van der Waals surface area contributed by atoms with E-state index in [1.165, 1.54) is 0 Å². The summed E-state index contributed by atoms with van der Waals surface area (Å²) >= 11 is 12.0. The minimum absolute atomic E-state index is 0.491. The summed E-state index contributed by atoms with van der Waals surface area (Å²) in [4.78, 5) is 4.46. The lowest BCUT2D eigenvalue weighted by molar-refractivity contribution is 0.298. The highest BCUT2D eigenvalue weighted by Gasteiger charge is 2.09. The van der Waals surface area contributed by atoms with Crippen LogP contribution in [-0.2, 0) is 6.42 Å². The topological polar surface area (TPSA) is 53.1 Å². The molecule has 5 nitrogen and oxygen atoms in total. The van der Waals surface area contributed by atoms with Gasteiger partial charge in [-0.2, -0.15) is 4.98 Å². The molecule has 0 unspecified atom stereocenters. The van der Waals surface area contributed by atoms with E-state index in [2.05, 4.69) is 10.1 Å². The molecule has 0 radical (unpaired) electrons. The molecule has 2 heterocycles. The predicted octanol–water partition coefficient (Wildman–Crippen LogP) is 5.85.